The van der Waals surface area contributed by atoms with Crippen LogP contribution in [0, 0.1) is 0 Å². The summed E-state index contributed by atoms with van der Waals surface area (Å²) in [6.45, 7) is 2.19. The SMILES string of the molecule is CCCCc1ccccc1NC(=S)Nc1sc2c(c1C(=O)OC)CCCC2. The molecule has 6 heteroatoms. The predicted octanol–water partition coefficient (Wildman–Crippen LogP) is 5.57. The Morgan fingerprint density at radius 1 is 1.22 bits per heavy atom. The Morgan fingerprint density at radius 3 is 2.78 bits per heavy atom. The largest absolute Gasteiger partial charge is 0.465 e. The van der Waals surface area contributed by atoms with E-state index in [2.05, 4.69) is 29.7 Å². The third-order valence-corrected chi connectivity index (χ3v) is 6.26. The van der Waals surface area contributed by atoms with Crippen molar-refractivity contribution >= 4 is 45.3 Å². The highest BCUT2D eigenvalue weighted by atomic mass is 32.1. The number of ether oxygens (including phenoxy) is 1. The minimum Gasteiger partial charge on any atom is -0.465 e. The summed E-state index contributed by atoms with van der Waals surface area (Å²) in [7, 11) is 1.43. The molecular formula is C21H26N2O2S2. The van der Waals surface area contributed by atoms with E-state index in [0.717, 1.165) is 54.8 Å². The first-order chi connectivity index (χ1) is 13.1. The van der Waals surface area contributed by atoms with Crippen LogP contribution in [0.15, 0.2) is 24.3 Å². The highest BCUT2D eigenvalue weighted by Crippen LogP contribution is 2.38. The summed E-state index contributed by atoms with van der Waals surface area (Å²) >= 11 is 7.17. The molecule has 0 amide bonds. The van der Waals surface area contributed by atoms with Crippen LogP contribution in [-0.4, -0.2) is 18.2 Å². The van der Waals surface area contributed by atoms with Crippen LogP contribution < -0.4 is 10.6 Å². The van der Waals surface area contributed by atoms with Gasteiger partial charge in [-0.15, -0.1) is 11.3 Å². The summed E-state index contributed by atoms with van der Waals surface area (Å²) in [6, 6.07) is 8.23. The lowest BCUT2D eigenvalue weighted by Gasteiger charge is -2.14. The van der Waals surface area contributed by atoms with Crippen molar-refractivity contribution in [2.75, 3.05) is 17.7 Å². The number of esters is 1. The number of carbonyl (C=O) groups excluding carboxylic acids is 1. The number of hydrogen-bond acceptors (Lipinski definition) is 4. The van der Waals surface area contributed by atoms with Gasteiger partial charge in [0.2, 0.25) is 0 Å². The molecule has 0 spiro atoms. The molecule has 0 saturated heterocycles. The maximum absolute atomic E-state index is 12.4. The number of nitrogens with one attached hydrogen (secondary N) is 2. The molecule has 0 radical (unpaired) electrons. The van der Waals surface area contributed by atoms with Crippen molar-refractivity contribution in [3.8, 4) is 0 Å². The number of hydrogen-bond donors (Lipinski definition) is 2. The number of thiocarbonyl (C=S) groups is 1. The number of para-hydroxylation sites is 1. The fourth-order valence-electron chi connectivity index (χ4n) is 3.46. The number of rotatable bonds is 6. The topological polar surface area (TPSA) is 50.4 Å². The van der Waals surface area contributed by atoms with Gasteiger partial charge in [0, 0.05) is 10.6 Å². The molecule has 0 bridgehead atoms. The second kappa shape index (κ2) is 9.33. The molecule has 3 rings (SSSR count). The smallest absolute Gasteiger partial charge is 0.341 e. The molecule has 1 aliphatic rings. The van der Waals surface area contributed by atoms with Gasteiger partial charge in [0.25, 0.3) is 0 Å². The molecule has 4 nitrogen and oxygen atoms in total. The van der Waals surface area contributed by atoms with Gasteiger partial charge in [-0.05, 0) is 67.9 Å². The predicted molar refractivity (Wildman–Crippen MR) is 117 cm³/mol. The summed E-state index contributed by atoms with van der Waals surface area (Å²) in [5.74, 6) is -0.289. The van der Waals surface area contributed by atoms with E-state index in [1.807, 2.05) is 12.1 Å². The quantitative estimate of drug-likeness (QED) is 0.489. The van der Waals surface area contributed by atoms with Crippen molar-refractivity contribution in [1.29, 1.82) is 0 Å². The number of aryl methyl sites for hydroxylation is 2. The zero-order chi connectivity index (χ0) is 19.2. The Balaban J connectivity index is 1.79. The van der Waals surface area contributed by atoms with Crippen LogP contribution in [0.2, 0.25) is 0 Å². The Bertz CT molecular complexity index is 830. The number of methoxy groups -OCH3 is 1. The fourth-order valence-corrected chi connectivity index (χ4v) is 5.01. The van der Waals surface area contributed by atoms with E-state index in [1.54, 1.807) is 11.3 Å². The van der Waals surface area contributed by atoms with Crippen molar-refractivity contribution < 1.29 is 9.53 Å². The fraction of sp³-hybridized carbons (Fsp3) is 0.429. The Hall–Kier alpha value is -1.92. The van der Waals surface area contributed by atoms with Gasteiger partial charge in [-0.25, -0.2) is 4.79 Å². The molecule has 0 fully saturated rings. The third kappa shape index (κ3) is 4.68. The third-order valence-electron chi connectivity index (χ3n) is 4.85. The van der Waals surface area contributed by atoms with Crippen molar-refractivity contribution in [3.63, 3.8) is 0 Å². The summed E-state index contributed by atoms with van der Waals surface area (Å²) in [4.78, 5) is 13.6. The highest BCUT2D eigenvalue weighted by molar-refractivity contribution is 7.80. The number of benzene rings is 1. The van der Waals surface area contributed by atoms with E-state index in [9.17, 15) is 4.79 Å². The maximum atomic E-state index is 12.4. The van der Waals surface area contributed by atoms with Crippen molar-refractivity contribution in [2.24, 2.45) is 0 Å². The molecule has 0 aliphatic heterocycles. The van der Waals surface area contributed by atoms with Crippen LogP contribution in [0.25, 0.3) is 0 Å². The van der Waals surface area contributed by atoms with E-state index < -0.39 is 0 Å². The average molecular weight is 403 g/mol. The summed E-state index contributed by atoms with van der Waals surface area (Å²) < 4.78 is 5.03. The van der Waals surface area contributed by atoms with Gasteiger partial charge in [-0.1, -0.05) is 31.5 Å². The molecule has 0 saturated carbocycles. The molecule has 1 aliphatic carbocycles. The number of anilines is 2. The summed E-state index contributed by atoms with van der Waals surface area (Å²) in [5.41, 5.74) is 4.05. The van der Waals surface area contributed by atoms with Crippen LogP contribution in [0.1, 0.15) is 59.0 Å². The van der Waals surface area contributed by atoms with E-state index in [0.29, 0.717) is 10.7 Å². The maximum Gasteiger partial charge on any atom is 0.341 e. The lowest BCUT2D eigenvalue weighted by atomic mass is 9.95. The van der Waals surface area contributed by atoms with Gasteiger partial charge >= 0.3 is 5.97 Å². The Kier molecular flexibility index (Phi) is 6.85. The monoisotopic (exact) mass is 402 g/mol. The zero-order valence-electron chi connectivity index (χ0n) is 15.9. The Morgan fingerprint density at radius 2 is 2.00 bits per heavy atom. The summed E-state index contributed by atoms with van der Waals surface area (Å²) in [6.07, 6.45) is 7.54. The molecular weight excluding hydrogens is 376 g/mol. The summed E-state index contributed by atoms with van der Waals surface area (Å²) in [5, 5.41) is 7.85. The van der Waals surface area contributed by atoms with E-state index in [4.69, 9.17) is 17.0 Å². The first-order valence-electron chi connectivity index (χ1n) is 9.52. The van der Waals surface area contributed by atoms with Gasteiger partial charge in [0.15, 0.2) is 5.11 Å². The van der Waals surface area contributed by atoms with Gasteiger partial charge in [-0.2, -0.15) is 0 Å². The molecule has 1 heterocycles. The van der Waals surface area contributed by atoms with E-state index in [1.165, 1.54) is 24.0 Å². The van der Waals surface area contributed by atoms with Crippen LogP contribution in [0.4, 0.5) is 10.7 Å². The molecule has 2 aromatic rings. The average Bonchev–Trinajstić information content (AvgIpc) is 3.04. The molecule has 0 atom stereocenters. The minimum absolute atomic E-state index is 0.289. The van der Waals surface area contributed by atoms with Crippen LogP contribution in [0.3, 0.4) is 0 Å². The molecule has 0 unspecified atom stereocenters. The first kappa shape index (κ1) is 19.8. The normalized spacial score (nSPS) is 13.0. The highest BCUT2D eigenvalue weighted by Gasteiger charge is 2.26. The minimum atomic E-state index is -0.289. The van der Waals surface area contributed by atoms with E-state index >= 15 is 0 Å². The molecule has 27 heavy (non-hydrogen) atoms. The van der Waals surface area contributed by atoms with Crippen molar-refractivity contribution in [2.45, 2.75) is 51.9 Å². The zero-order valence-corrected chi connectivity index (χ0v) is 17.5. The van der Waals surface area contributed by atoms with E-state index in [-0.39, 0.29) is 5.97 Å². The Labute approximate surface area is 170 Å². The number of thiophene rings is 1. The lowest BCUT2D eigenvalue weighted by Crippen LogP contribution is -2.21. The van der Waals surface area contributed by atoms with Gasteiger partial charge in [0.1, 0.15) is 5.00 Å². The molecule has 1 aromatic carbocycles. The number of unbranched alkanes of at least 4 members (excludes halogenated alkanes) is 1. The lowest BCUT2D eigenvalue weighted by molar-refractivity contribution is 0.0601. The molecule has 2 N–H and O–H groups in total. The standard InChI is InChI=1S/C21H26N2O2S2/c1-3-4-9-14-10-5-7-12-16(14)22-21(26)23-19-18(20(24)25-2)15-11-6-8-13-17(15)27-19/h5,7,10,12H,3-4,6,8-9,11,13H2,1-2H3,(H2,22,23,26). The van der Waals surface area contributed by atoms with Gasteiger partial charge in [0.05, 0.1) is 12.7 Å². The van der Waals surface area contributed by atoms with Crippen molar-refractivity contribution in [3.05, 3.63) is 45.8 Å². The number of fused-ring (bicyclic) bond motifs is 1. The molecule has 1 aromatic heterocycles. The van der Waals surface area contributed by atoms with Crippen molar-refractivity contribution in [1.82, 2.24) is 0 Å². The van der Waals surface area contributed by atoms with Crippen LogP contribution in [0.5, 0.6) is 0 Å². The van der Waals surface area contributed by atoms with Gasteiger partial charge < -0.3 is 15.4 Å². The number of carbonyl (C=O) groups is 1. The second-order valence-corrected chi connectivity index (χ2v) is 8.26. The first-order valence-corrected chi connectivity index (χ1v) is 10.7. The second-order valence-electron chi connectivity index (χ2n) is 6.75. The van der Waals surface area contributed by atoms with Gasteiger partial charge in [-0.3, -0.25) is 0 Å². The molecule has 144 valence electrons. The van der Waals surface area contributed by atoms with Crippen LogP contribution in [-0.2, 0) is 24.0 Å². The van der Waals surface area contributed by atoms with Crippen LogP contribution >= 0.6 is 23.6 Å².